The van der Waals surface area contributed by atoms with E-state index in [1.165, 1.54) is 11.3 Å². The Morgan fingerprint density at radius 2 is 2.33 bits per heavy atom. The molecule has 0 spiro atoms. The molecule has 4 heteroatoms. The summed E-state index contributed by atoms with van der Waals surface area (Å²) in [5.74, 6) is 0.595. The minimum atomic E-state index is 0.578. The van der Waals surface area contributed by atoms with E-state index in [2.05, 4.69) is 23.6 Å². The third-order valence-electron chi connectivity index (χ3n) is 2.72. The van der Waals surface area contributed by atoms with Crippen LogP contribution in [0.25, 0.3) is 0 Å². The summed E-state index contributed by atoms with van der Waals surface area (Å²) >= 11 is 0. The van der Waals surface area contributed by atoms with Crippen molar-refractivity contribution in [2.75, 3.05) is 6.61 Å². The summed E-state index contributed by atoms with van der Waals surface area (Å²) in [6.07, 6.45) is 0.958. The van der Waals surface area contributed by atoms with Gasteiger partial charge in [0.25, 0.3) is 0 Å². The van der Waals surface area contributed by atoms with Gasteiger partial charge in [0.2, 0.25) is 0 Å². The van der Waals surface area contributed by atoms with Crippen molar-refractivity contribution in [1.82, 2.24) is 9.78 Å². The van der Waals surface area contributed by atoms with E-state index in [9.17, 15) is 0 Å². The summed E-state index contributed by atoms with van der Waals surface area (Å²) in [4.78, 5) is 0. The van der Waals surface area contributed by atoms with Crippen LogP contribution in [0.4, 0.5) is 0 Å². The van der Waals surface area contributed by atoms with Crippen molar-refractivity contribution in [3.8, 4) is 0 Å². The summed E-state index contributed by atoms with van der Waals surface area (Å²) in [5, 5.41) is 4.57. The van der Waals surface area contributed by atoms with Gasteiger partial charge < -0.3 is 10.5 Å². The largest absolute Gasteiger partial charge is 0.375 e. The molecule has 2 heterocycles. The number of hydrogen-bond donors (Lipinski definition) is 1. The lowest BCUT2D eigenvalue weighted by Crippen LogP contribution is -2.14. The summed E-state index contributed by atoms with van der Waals surface area (Å²) < 4.78 is 7.46. The van der Waals surface area contributed by atoms with E-state index < -0.39 is 0 Å². The molecule has 0 saturated carbocycles. The Labute approximate surface area is 90.4 Å². The quantitative estimate of drug-likeness (QED) is 0.810. The first kappa shape index (κ1) is 10.6. The van der Waals surface area contributed by atoms with Crippen LogP contribution < -0.4 is 5.73 Å². The number of ether oxygens (including phenoxy) is 1. The Morgan fingerprint density at radius 3 is 3.00 bits per heavy atom. The first-order valence-electron chi connectivity index (χ1n) is 5.57. The van der Waals surface area contributed by atoms with E-state index in [4.69, 9.17) is 10.5 Å². The van der Waals surface area contributed by atoms with Crippen LogP contribution >= 0.6 is 0 Å². The first-order chi connectivity index (χ1) is 7.22. The van der Waals surface area contributed by atoms with Crippen LogP contribution in [0.5, 0.6) is 0 Å². The average molecular weight is 209 g/mol. The molecule has 2 rings (SSSR count). The van der Waals surface area contributed by atoms with Gasteiger partial charge in [-0.15, -0.1) is 0 Å². The van der Waals surface area contributed by atoms with E-state index >= 15 is 0 Å². The highest BCUT2D eigenvalue weighted by Crippen LogP contribution is 2.20. The molecule has 1 aromatic rings. The smallest absolute Gasteiger partial charge is 0.0917 e. The van der Waals surface area contributed by atoms with Gasteiger partial charge in [0.1, 0.15) is 0 Å². The maximum absolute atomic E-state index is 5.79. The molecule has 2 N–H and O–H groups in total. The molecule has 1 aliphatic rings. The van der Waals surface area contributed by atoms with Gasteiger partial charge >= 0.3 is 0 Å². The van der Waals surface area contributed by atoms with Crippen LogP contribution in [-0.4, -0.2) is 16.4 Å². The van der Waals surface area contributed by atoms with Crippen LogP contribution in [0.3, 0.4) is 0 Å². The van der Waals surface area contributed by atoms with E-state index in [0.29, 0.717) is 19.1 Å². The van der Waals surface area contributed by atoms with Crippen LogP contribution in [0.15, 0.2) is 0 Å². The Morgan fingerprint density at radius 1 is 1.53 bits per heavy atom. The minimum absolute atomic E-state index is 0.578. The molecule has 0 fully saturated rings. The van der Waals surface area contributed by atoms with Gasteiger partial charge in [-0.1, -0.05) is 13.8 Å². The lowest BCUT2D eigenvalue weighted by Gasteiger charge is -2.12. The molecule has 0 saturated heterocycles. The van der Waals surface area contributed by atoms with E-state index in [0.717, 1.165) is 25.3 Å². The highest BCUT2D eigenvalue weighted by molar-refractivity contribution is 5.27. The molecule has 0 aliphatic carbocycles. The molecule has 4 nitrogen and oxygen atoms in total. The zero-order valence-electron chi connectivity index (χ0n) is 9.49. The van der Waals surface area contributed by atoms with Gasteiger partial charge in [-0.05, 0) is 12.3 Å². The van der Waals surface area contributed by atoms with Gasteiger partial charge in [0.05, 0.1) is 24.6 Å². The van der Waals surface area contributed by atoms with Crippen molar-refractivity contribution in [2.24, 2.45) is 11.7 Å². The van der Waals surface area contributed by atoms with E-state index in [-0.39, 0.29) is 0 Å². The topological polar surface area (TPSA) is 53.1 Å². The lowest BCUT2D eigenvalue weighted by atomic mass is 10.1. The molecular weight excluding hydrogens is 190 g/mol. The second-order valence-corrected chi connectivity index (χ2v) is 4.45. The molecule has 0 atom stereocenters. The molecule has 84 valence electrons. The number of aromatic nitrogens is 2. The predicted octanol–water partition coefficient (Wildman–Crippen LogP) is 1.07. The van der Waals surface area contributed by atoms with Crippen molar-refractivity contribution in [3.05, 3.63) is 17.0 Å². The summed E-state index contributed by atoms with van der Waals surface area (Å²) in [5.41, 5.74) is 9.40. The first-order valence-corrected chi connectivity index (χ1v) is 5.57. The van der Waals surface area contributed by atoms with Gasteiger partial charge in [-0.2, -0.15) is 5.10 Å². The molecule has 1 aliphatic heterocycles. The fraction of sp³-hybridized carbons (Fsp3) is 0.727. The summed E-state index contributed by atoms with van der Waals surface area (Å²) in [6.45, 7) is 7.35. The summed E-state index contributed by atoms with van der Waals surface area (Å²) in [6, 6.07) is 0. The maximum atomic E-state index is 5.79. The molecule has 0 amide bonds. The van der Waals surface area contributed by atoms with E-state index in [1.54, 1.807) is 0 Å². The average Bonchev–Trinajstić information content (AvgIpc) is 2.53. The predicted molar refractivity (Wildman–Crippen MR) is 58.3 cm³/mol. The maximum Gasteiger partial charge on any atom is 0.0917 e. The van der Waals surface area contributed by atoms with Gasteiger partial charge in [0.15, 0.2) is 0 Å². The number of rotatable bonds is 3. The standard InChI is InChI=1S/C11H19N3O/c1-8(2)6-14-11(5-12)9-3-4-15-7-10(9)13-14/h8H,3-7,12H2,1-2H3. The van der Waals surface area contributed by atoms with Crippen LogP contribution in [-0.2, 0) is 30.9 Å². The van der Waals surface area contributed by atoms with Crippen molar-refractivity contribution >= 4 is 0 Å². The molecule has 0 aromatic carbocycles. The van der Waals surface area contributed by atoms with Gasteiger partial charge in [-0.25, -0.2) is 0 Å². The van der Waals surface area contributed by atoms with Crippen molar-refractivity contribution in [3.63, 3.8) is 0 Å². The molecular formula is C11H19N3O. The van der Waals surface area contributed by atoms with Gasteiger partial charge in [-0.3, -0.25) is 4.68 Å². The second kappa shape index (κ2) is 4.33. The van der Waals surface area contributed by atoms with Crippen molar-refractivity contribution in [1.29, 1.82) is 0 Å². The van der Waals surface area contributed by atoms with Crippen LogP contribution in [0.2, 0.25) is 0 Å². The number of fused-ring (bicyclic) bond motifs is 1. The van der Waals surface area contributed by atoms with Crippen molar-refractivity contribution < 1.29 is 4.74 Å². The number of nitrogens with zero attached hydrogens (tertiary/aromatic N) is 2. The molecule has 0 bridgehead atoms. The Bertz CT molecular complexity index is 344. The highest BCUT2D eigenvalue weighted by atomic mass is 16.5. The number of hydrogen-bond acceptors (Lipinski definition) is 3. The monoisotopic (exact) mass is 209 g/mol. The zero-order chi connectivity index (χ0) is 10.8. The Balaban J connectivity index is 2.33. The number of nitrogens with two attached hydrogens (primary N) is 1. The third-order valence-corrected chi connectivity index (χ3v) is 2.72. The molecule has 0 unspecified atom stereocenters. The van der Waals surface area contributed by atoms with Crippen molar-refractivity contribution in [2.45, 2.75) is 40.0 Å². The second-order valence-electron chi connectivity index (χ2n) is 4.45. The fourth-order valence-corrected chi connectivity index (χ4v) is 2.06. The van der Waals surface area contributed by atoms with E-state index in [1.807, 2.05) is 0 Å². The Kier molecular flexibility index (Phi) is 3.07. The van der Waals surface area contributed by atoms with Gasteiger partial charge in [0, 0.05) is 18.7 Å². The molecule has 0 radical (unpaired) electrons. The van der Waals surface area contributed by atoms with Crippen LogP contribution in [0.1, 0.15) is 30.8 Å². The third kappa shape index (κ3) is 2.06. The zero-order valence-corrected chi connectivity index (χ0v) is 9.49. The highest BCUT2D eigenvalue weighted by Gasteiger charge is 2.20. The fourth-order valence-electron chi connectivity index (χ4n) is 2.06. The lowest BCUT2D eigenvalue weighted by molar-refractivity contribution is 0.108. The normalized spacial score (nSPS) is 15.7. The SMILES string of the molecule is CC(C)Cn1nc2c(c1CN)CCOC2. The molecule has 15 heavy (non-hydrogen) atoms. The van der Waals surface area contributed by atoms with Crippen LogP contribution in [0, 0.1) is 5.92 Å². The summed E-state index contributed by atoms with van der Waals surface area (Å²) in [7, 11) is 0. The Hall–Kier alpha value is -0.870. The minimum Gasteiger partial charge on any atom is -0.375 e. The molecule has 1 aromatic heterocycles.